The maximum atomic E-state index is 11.8. The second kappa shape index (κ2) is 8.14. The van der Waals surface area contributed by atoms with Crippen LogP contribution in [-0.2, 0) is 21.2 Å². The molecule has 0 fully saturated rings. The number of sulfonamides is 1. The van der Waals surface area contributed by atoms with Gasteiger partial charge in [-0.05, 0) is 37.5 Å². The molecule has 21 heavy (non-hydrogen) atoms. The molecule has 1 aromatic carbocycles. The van der Waals surface area contributed by atoms with Crippen molar-refractivity contribution in [3.05, 3.63) is 29.8 Å². The number of hydrogen-bond acceptors (Lipinski definition) is 3. The third-order valence-electron chi connectivity index (χ3n) is 3.23. The fourth-order valence-electron chi connectivity index (χ4n) is 1.82. The normalized spacial score (nSPS) is 12.9. The molecule has 1 aromatic rings. The van der Waals surface area contributed by atoms with E-state index in [-0.39, 0.29) is 16.8 Å². The highest BCUT2D eigenvalue weighted by Gasteiger charge is 2.12. The lowest BCUT2D eigenvalue weighted by molar-refractivity contribution is -0.121. The van der Waals surface area contributed by atoms with E-state index in [1.165, 1.54) is 0 Å². The van der Waals surface area contributed by atoms with Crippen LogP contribution in [0.2, 0.25) is 0 Å². The van der Waals surface area contributed by atoms with Crippen molar-refractivity contribution in [1.29, 1.82) is 0 Å². The Morgan fingerprint density at radius 2 is 1.81 bits per heavy atom. The van der Waals surface area contributed by atoms with Gasteiger partial charge in [0.1, 0.15) is 0 Å². The van der Waals surface area contributed by atoms with Crippen LogP contribution < -0.4 is 10.0 Å². The van der Waals surface area contributed by atoms with Crippen molar-refractivity contribution >= 4 is 15.9 Å². The largest absolute Gasteiger partial charge is 0.354 e. The first kappa shape index (κ1) is 17.7. The molecular weight excluding hydrogens is 288 g/mol. The summed E-state index contributed by atoms with van der Waals surface area (Å²) in [5.74, 6) is 0.0219. The molecule has 0 saturated heterocycles. The summed E-state index contributed by atoms with van der Waals surface area (Å²) in [6.07, 6.45) is 1.91. The number of aryl methyl sites for hydroxylation is 1. The Labute approximate surface area is 127 Å². The molecule has 0 aliphatic carbocycles. The molecule has 118 valence electrons. The van der Waals surface area contributed by atoms with Gasteiger partial charge in [-0.1, -0.05) is 26.0 Å². The summed E-state index contributed by atoms with van der Waals surface area (Å²) in [4.78, 5) is 11.9. The van der Waals surface area contributed by atoms with Gasteiger partial charge in [0.2, 0.25) is 15.9 Å². The Bertz CT molecular complexity index is 553. The molecule has 0 radical (unpaired) electrons. The minimum Gasteiger partial charge on any atom is -0.354 e. The molecule has 0 aliphatic rings. The molecule has 0 aromatic heterocycles. The second-order valence-electron chi connectivity index (χ2n) is 5.02. The fourth-order valence-corrected chi connectivity index (χ4v) is 2.86. The fraction of sp³-hybridized carbons (Fsp3) is 0.533. The lowest BCUT2D eigenvalue weighted by atomic mass is 10.1. The van der Waals surface area contributed by atoms with Crippen LogP contribution in [0.15, 0.2) is 29.2 Å². The van der Waals surface area contributed by atoms with Gasteiger partial charge < -0.3 is 5.32 Å². The first-order chi connectivity index (χ1) is 9.89. The van der Waals surface area contributed by atoms with E-state index in [9.17, 15) is 13.2 Å². The van der Waals surface area contributed by atoms with E-state index in [0.717, 1.165) is 12.0 Å². The molecule has 1 amide bonds. The number of carbonyl (C=O) groups excluding carboxylic acids is 1. The van der Waals surface area contributed by atoms with Crippen LogP contribution in [0, 0.1) is 0 Å². The smallest absolute Gasteiger partial charge is 0.240 e. The highest BCUT2D eigenvalue weighted by molar-refractivity contribution is 7.89. The third kappa shape index (κ3) is 5.85. The zero-order chi connectivity index (χ0) is 15.9. The highest BCUT2D eigenvalue weighted by Crippen LogP contribution is 2.11. The van der Waals surface area contributed by atoms with Crippen LogP contribution in [0.1, 0.15) is 39.2 Å². The van der Waals surface area contributed by atoms with Crippen LogP contribution in [0.25, 0.3) is 0 Å². The van der Waals surface area contributed by atoms with Gasteiger partial charge in [0.15, 0.2) is 0 Å². The monoisotopic (exact) mass is 312 g/mol. The minimum atomic E-state index is -3.41. The third-order valence-corrected chi connectivity index (χ3v) is 4.79. The maximum absolute atomic E-state index is 11.8. The van der Waals surface area contributed by atoms with Crippen LogP contribution in [0.4, 0.5) is 0 Å². The first-order valence-electron chi connectivity index (χ1n) is 7.27. The van der Waals surface area contributed by atoms with Gasteiger partial charge >= 0.3 is 0 Å². The number of benzene rings is 1. The molecule has 0 bridgehead atoms. The zero-order valence-electron chi connectivity index (χ0n) is 12.8. The van der Waals surface area contributed by atoms with Crippen molar-refractivity contribution in [3.8, 4) is 0 Å². The molecule has 5 nitrogen and oxygen atoms in total. The van der Waals surface area contributed by atoms with Crippen LogP contribution >= 0.6 is 0 Å². The van der Waals surface area contributed by atoms with Gasteiger partial charge in [0, 0.05) is 19.0 Å². The molecule has 1 unspecified atom stereocenters. The van der Waals surface area contributed by atoms with E-state index in [1.54, 1.807) is 31.2 Å². The van der Waals surface area contributed by atoms with Crippen molar-refractivity contribution in [2.24, 2.45) is 0 Å². The first-order valence-corrected chi connectivity index (χ1v) is 8.75. The SMILES string of the molecule is CCNS(=O)(=O)c1ccc(CCC(=O)NC(C)CC)cc1. The van der Waals surface area contributed by atoms with E-state index in [4.69, 9.17) is 0 Å². The lowest BCUT2D eigenvalue weighted by Gasteiger charge is -2.11. The van der Waals surface area contributed by atoms with Gasteiger partial charge in [-0.25, -0.2) is 13.1 Å². The maximum Gasteiger partial charge on any atom is 0.240 e. The zero-order valence-corrected chi connectivity index (χ0v) is 13.7. The van der Waals surface area contributed by atoms with E-state index in [0.29, 0.717) is 19.4 Å². The Balaban J connectivity index is 2.58. The van der Waals surface area contributed by atoms with Crippen molar-refractivity contribution in [1.82, 2.24) is 10.0 Å². The summed E-state index contributed by atoms with van der Waals surface area (Å²) in [7, 11) is -3.41. The number of nitrogens with one attached hydrogen (secondary N) is 2. The number of carbonyl (C=O) groups is 1. The topological polar surface area (TPSA) is 75.3 Å². The molecule has 0 spiro atoms. The molecule has 0 aliphatic heterocycles. The lowest BCUT2D eigenvalue weighted by Crippen LogP contribution is -2.32. The van der Waals surface area contributed by atoms with Gasteiger partial charge in [-0.2, -0.15) is 0 Å². The Morgan fingerprint density at radius 1 is 1.19 bits per heavy atom. The summed E-state index contributed by atoms with van der Waals surface area (Å²) in [6, 6.07) is 6.83. The summed E-state index contributed by atoms with van der Waals surface area (Å²) in [5.41, 5.74) is 0.949. The quantitative estimate of drug-likeness (QED) is 0.769. The van der Waals surface area contributed by atoms with E-state index in [2.05, 4.69) is 10.0 Å². The van der Waals surface area contributed by atoms with Gasteiger partial charge in [0.25, 0.3) is 0 Å². The molecule has 6 heteroatoms. The molecular formula is C15H24N2O3S. The van der Waals surface area contributed by atoms with Gasteiger partial charge in [-0.15, -0.1) is 0 Å². The second-order valence-corrected chi connectivity index (χ2v) is 6.79. The predicted octanol–water partition coefficient (Wildman–Crippen LogP) is 1.83. The summed E-state index contributed by atoms with van der Waals surface area (Å²) in [5, 5.41) is 2.91. The molecule has 2 N–H and O–H groups in total. The van der Waals surface area contributed by atoms with Crippen molar-refractivity contribution in [2.45, 2.75) is 51.0 Å². The average molecular weight is 312 g/mol. The van der Waals surface area contributed by atoms with Crippen molar-refractivity contribution < 1.29 is 13.2 Å². The molecule has 1 atom stereocenters. The van der Waals surface area contributed by atoms with Crippen molar-refractivity contribution in [2.75, 3.05) is 6.54 Å². The van der Waals surface area contributed by atoms with Crippen LogP contribution in [-0.4, -0.2) is 26.9 Å². The van der Waals surface area contributed by atoms with Crippen LogP contribution in [0.5, 0.6) is 0 Å². The standard InChI is InChI=1S/C15H24N2O3S/c1-4-12(3)17-15(18)11-8-13-6-9-14(10-7-13)21(19,20)16-5-2/h6-7,9-10,12,16H,4-5,8,11H2,1-3H3,(H,17,18). The Kier molecular flexibility index (Phi) is 6.84. The predicted molar refractivity (Wildman–Crippen MR) is 83.5 cm³/mol. The van der Waals surface area contributed by atoms with E-state index < -0.39 is 10.0 Å². The molecule has 0 heterocycles. The van der Waals surface area contributed by atoms with Gasteiger partial charge in [-0.3, -0.25) is 4.79 Å². The van der Waals surface area contributed by atoms with Crippen LogP contribution in [0.3, 0.4) is 0 Å². The summed E-state index contributed by atoms with van der Waals surface area (Å²) >= 11 is 0. The Morgan fingerprint density at radius 3 is 2.33 bits per heavy atom. The number of rotatable bonds is 8. The van der Waals surface area contributed by atoms with E-state index >= 15 is 0 Å². The number of amides is 1. The summed E-state index contributed by atoms with van der Waals surface area (Å²) in [6.45, 7) is 6.09. The summed E-state index contributed by atoms with van der Waals surface area (Å²) < 4.78 is 26.0. The Hall–Kier alpha value is -1.40. The number of hydrogen-bond donors (Lipinski definition) is 2. The van der Waals surface area contributed by atoms with E-state index in [1.807, 2.05) is 13.8 Å². The van der Waals surface area contributed by atoms with Gasteiger partial charge in [0.05, 0.1) is 4.90 Å². The molecule has 1 rings (SSSR count). The highest BCUT2D eigenvalue weighted by atomic mass is 32.2. The average Bonchev–Trinajstić information content (AvgIpc) is 2.45. The minimum absolute atomic E-state index is 0.0219. The molecule has 0 saturated carbocycles. The van der Waals surface area contributed by atoms with Crippen molar-refractivity contribution in [3.63, 3.8) is 0 Å².